The summed E-state index contributed by atoms with van der Waals surface area (Å²) in [4.78, 5) is 2.12. The molecular weight excluding hydrogens is 238 g/mol. The monoisotopic (exact) mass is 263 g/mol. The number of aliphatic hydroxyl groups is 1. The maximum absolute atomic E-state index is 10.3. The van der Waals surface area contributed by atoms with E-state index < -0.39 is 0 Å². The van der Waals surface area contributed by atoms with Crippen molar-refractivity contribution in [1.82, 2.24) is 0 Å². The van der Waals surface area contributed by atoms with Crippen LogP contribution in [0.2, 0.25) is 0 Å². The summed E-state index contributed by atoms with van der Waals surface area (Å²) in [5, 5.41) is 10.3. The fraction of sp³-hybridized carbons (Fsp3) is 0.625. The van der Waals surface area contributed by atoms with Crippen molar-refractivity contribution >= 4 is 5.69 Å². The highest BCUT2D eigenvalue weighted by Crippen LogP contribution is 2.27. The number of anilines is 1. The van der Waals surface area contributed by atoms with Crippen molar-refractivity contribution in [2.24, 2.45) is 5.92 Å². The maximum atomic E-state index is 10.3. The Morgan fingerprint density at radius 2 is 1.84 bits per heavy atom. The molecule has 1 saturated carbocycles. The van der Waals surface area contributed by atoms with Crippen LogP contribution in [0.25, 0.3) is 0 Å². The van der Waals surface area contributed by atoms with Crippen molar-refractivity contribution < 1.29 is 9.84 Å². The first-order valence-electron chi connectivity index (χ1n) is 7.24. The van der Waals surface area contributed by atoms with Crippen molar-refractivity contribution in [3.63, 3.8) is 0 Å². The lowest BCUT2D eigenvalue weighted by Gasteiger charge is -2.30. The lowest BCUT2D eigenvalue weighted by atomic mass is 9.85. The summed E-state index contributed by atoms with van der Waals surface area (Å²) < 4.78 is 5.16. The van der Waals surface area contributed by atoms with E-state index in [9.17, 15) is 5.11 Å². The number of methoxy groups -OCH3 is 1. The van der Waals surface area contributed by atoms with E-state index in [-0.39, 0.29) is 6.10 Å². The zero-order chi connectivity index (χ0) is 13.7. The van der Waals surface area contributed by atoms with Crippen molar-refractivity contribution in [1.29, 1.82) is 0 Å². The van der Waals surface area contributed by atoms with E-state index >= 15 is 0 Å². The average molecular weight is 263 g/mol. The van der Waals surface area contributed by atoms with Gasteiger partial charge in [-0.2, -0.15) is 0 Å². The summed E-state index contributed by atoms with van der Waals surface area (Å²) in [6, 6.07) is 7.98. The highest BCUT2D eigenvalue weighted by atomic mass is 16.5. The van der Waals surface area contributed by atoms with Gasteiger partial charge in [-0.3, -0.25) is 0 Å². The SMILES string of the molecule is COc1ccc(N(C)CC(O)C2CCCCC2)cc1. The van der Waals surface area contributed by atoms with Crippen molar-refractivity contribution in [2.45, 2.75) is 38.2 Å². The quantitative estimate of drug-likeness (QED) is 0.886. The Morgan fingerprint density at radius 3 is 2.42 bits per heavy atom. The van der Waals surface area contributed by atoms with Crippen LogP contribution in [0.5, 0.6) is 5.75 Å². The zero-order valence-electron chi connectivity index (χ0n) is 12.0. The van der Waals surface area contributed by atoms with Gasteiger partial charge in [0.05, 0.1) is 13.2 Å². The number of hydrogen-bond donors (Lipinski definition) is 1. The van der Waals surface area contributed by atoms with E-state index in [1.807, 2.05) is 31.3 Å². The van der Waals surface area contributed by atoms with E-state index in [0.717, 1.165) is 11.4 Å². The lowest BCUT2D eigenvalue weighted by molar-refractivity contribution is 0.0910. The molecule has 1 N–H and O–H groups in total. The smallest absolute Gasteiger partial charge is 0.119 e. The number of likely N-dealkylation sites (N-methyl/N-ethyl adjacent to an activating group) is 1. The van der Waals surface area contributed by atoms with E-state index in [2.05, 4.69) is 4.90 Å². The van der Waals surface area contributed by atoms with Crippen molar-refractivity contribution in [2.75, 3.05) is 25.6 Å². The van der Waals surface area contributed by atoms with E-state index in [4.69, 9.17) is 4.74 Å². The summed E-state index contributed by atoms with van der Waals surface area (Å²) in [5.41, 5.74) is 1.12. The molecule has 19 heavy (non-hydrogen) atoms. The third-order valence-corrected chi connectivity index (χ3v) is 4.17. The number of benzene rings is 1. The molecule has 1 atom stereocenters. The van der Waals surface area contributed by atoms with Crippen LogP contribution in [0.4, 0.5) is 5.69 Å². The molecule has 106 valence electrons. The Morgan fingerprint density at radius 1 is 1.21 bits per heavy atom. The lowest BCUT2D eigenvalue weighted by Crippen LogP contribution is -2.35. The molecule has 3 heteroatoms. The molecule has 0 bridgehead atoms. The summed E-state index contributed by atoms with van der Waals surface area (Å²) in [6.07, 6.45) is 6.02. The Kier molecular flexibility index (Phi) is 5.08. The Labute approximate surface area is 116 Å². The number of aliphatic hydroxyl groups excluding tert-OH is 1. The first-order chi connectivity index (χ1) is 9.20. The number of rotatable bonds is 5. The minimum absolute atomic E-state index is 0.215. The molecule has 1 aromatic carbocycles. The molecule has 1 unspecified atom stereocenters. The summed E-state index contributed by atoms with van der Waals surface area (Å²) in [6.45, 7) is 0.705. The molecule has 3 nitrogen and oxygen atoms in total. The predicted molar refractivity (Wildman–Crippen MR) is 78.8 cm³/mol. The van der Waals surface area contributed by atoms with Crippen LogP contribution in [-0.4, -0.2) is 31.9 Å². The molecule has 0 saturated heterocycles. The van der Waals surface area contributed by atoms with E-state index in [0.29, 0.717) is 12.5 Å². The van der Waals surface area contributed by atoms with Crippen LogP contribution >= 0.6 is 0 Å². The van der Waals surface area contributed by atoms with Crippen molar-refractivity contribution in [3.05, 3.63) is 24.3 Å². The molecule has 0 aliphatic heterocycles. The van der Waals surface area contributed by atoms with Gasteiger partial charge in [0.15, 0.2) is 0 Å². The molecule has 1 aromatic rings. The van der Waals surface area contributed by atoms with Gasteiger partial charge in [-0.15, -0.1) is 0 Å². The molecule has 0 aromatic heterocycles. The topological polar surface area (TPSA) is 32.7 Å². The average Bonchev–Trinajstić information content (AvgIpc) is 2.48. The van der Waals surface area contributed by atoms with Gasteiger partial charge >= 0.3 is 0 Å². The largest absolute Gasteiger partial charge is 0.497 e. The van der Waals surface area contributed by atoms with Gasteiger partial charge < -0.3 is 14.7 Å². The second-order valence-corrected chi connectivity index (χ2v) is 5.54. The number of ether oxygens (including phenoxy) is 1. The van der Waals surface area contributed by atoms with Crippen LogP contribution in [0.1, 0.15) is 32.1 Å². The predicted octanol–water partition coefficient (Wildman–Crippen LogP) is 3.07. The van der Waals surface area contributed by atoms with Gasteiger partial charge in [0, 0.05) is 19.3 Å². The molecule has 1 fully saturated rings. The fourth-order valence-electron chi connectivity index (χ4n) is 2.89. The molecule has 1 aliphatic rings. The second-order valence-electron chi connectivity index (χ2n) is 5.54. The molecule has 2 rings (SSSR count). The fourth-order valence-corrected chi connectivity index (χ4v) is 2.89. The third-order valence-electron chi connectivity index (χ3n) is 4.17. The molecule has 0 amide bonds. The first-order valence-corrected chi connectivity index (χ1v) is 7.24. The minimum atomic E-state index is -0.215. The van der Waals surface area contributed by atoms with Gasteiger partial charge in [0.25, 0.3) is 0 Å². The Hall–Kier alpha value is -1.22. The van der Waals surface area contributed by atoms with Gasteiger partial charge in [-0.25, -0.2) is 0 Å². The van der Waals surface area contributed by atoms with E-state index in [1.165, 1.54) is 32.1 Å². The molecule has 1 aliphatic carbocycles. The van der Waals surface area contributed by atoms with Crippen LogP contribution < -0.4 is 9.64 Å². The Balaban J connectivity index is 1.89. The normalized spacial score (nSPS) is 18.1. The summed E-state index contributed by atoms with van der Waals surface area (Å²) in [7, 11) is 3.71. The van der Waals surface area contributed by atoms with Crippen LogP contribution in [-0.2, 0) is 0 Å². The molecular formula is C16H25NO2. The van der Waals surface area contributed by atoms with Crippen LogP contribution in [0, 0.1) is 5.92 Å². The first kappa shape index (κ1) is 14.2. The van der Waals surface area contributed by atoms with E-state index in [1.54, 1.807) is 7.11 Å². The zero-order valence-corrected chi connectivity index (χ0v) is 12.0. The van der Waals surface area contributed by atoms with Gasteiger partial charge in [0.2, 0.25) is 0 Å². The van der Waals surface area contributed by atoms with Gasteiger partial charge in [0.1, 0.15) is 5.75 Å². The summed E-state index contributed by atoms with van der Waals surface area (Å²) >= 11 is 0. The Bertz CT molecular complexity index is 371. The molecule has 0 spiro atoms. The standard InChI is InChI=1S/C16H25NO2/c1-17(14-8-10-15(19-2)11-9-14)12-16(18)13-6-4-3-5-7-13/h8-11,13,16,18H,3-7,12H2,1-2H3. The van der Waals surface area contributed by atoms with Gasteiger partial charge in [-0.05, 0) is 43.0 Å². The third kappa shape index (κ3) is 3.87. The minimum Gasteiger partial charge on any atom is -0.497 e. The molecule has 0 radical (unpaired) electrons. The molecule has 0 heterocycles. The summed E-state index contributed by atoms with van der Waals surface area (Å²) in [5.74, 6) is 1.35. The van der Waals surface area contributed by atoms with Crippen LogP contribution in [0.3, 0.4) is 0 Å². The highest BCUT2D eigenvalue weighted by Gasteiger charge is 2.22. The number of hydrogen-bond acceptors (Lipinski definition) is 3. The van der Waals surface area contributed by atoms with Gasteiger partial charge in [-0.1, -0.05) is 19.3 Å². The number of nitrogens with zero attached hydrogens (tertiary/aromatic N) is 1. The highest BCUT2D eigenvalue weighted by molar-refractivity contribution is 5.48. The maximum Gasteiger partial charge on any atom is 0.119 e. The van der Waals surface area contributed by atoms with Crippen LogP contribution in [0.15, 0.2) is 24.3 Å². The second kappa shape index (κ2) is 6.80. The van der Waals surface area contributed by atoms with Crippen molar-refractivity contribution in [3.8, 4) is 5.75 Å².